The van der Waals surface area contributed by atoms with Crippen LogP contribution >= 0.6 is 11.3 Å². The van der Waals surface area contributed by atoms with Gasteiger partial charge in [-0.05, 0) is 41.8 Å². The smallest absolute Gasteiger partial charge is 0.348 e. The average Bonchev–Trinajstić information content (AvgIpc) is 3.05. The fourth-order valence-electron chi connectivity index (χ4n) is 1.66. The topological polar surface area (TPSA) is 65.5 Å². The van der Waals surface area contributed by atoms with Crippen LogP contribution < -0.4 is 8.92 Å². The van der Waals surface area contributed by atoms with Crippen LogP contribution in [0.15, 0.2) is 70.4 Å². The summed E-state index contributed by atoms with van der Waals surface area (Å²) >= 11 is 1.11. The van der Waals surface area contributed by atoms with Crippen LogP contribution in [-0.4, -0.2) is 13.4 Å². The summed E-state index contributed by atoms with van der Waals surface area (Å²) in [7, 11) is -3.78. The van der Waals surface area contributed by atoms with Crippen molar-refractivity contribution in [2.45, 2.75) is 4.21 Å². The molecule has 3 aromatic rings. The van der Waals surface area contributed by atoms with Crippen molar-refractivity contribution in [2.24, 2.45) is 0 Å². The first-order chi connectivity index (χ1) is 10.6. The van der Waals surface area contributed by atoms with Crippen molar-refractivity contribution in [3.63, 3.8) is 0 Å². The van der Waals surface area contributed by atoms with Gasteiger partial charge in [0.15, 0.2) is 4.21 Å². The molecule has 3 rings (SSSR count). The molecular weight excluding hydrogens is 322 g/mol. The van der Waals surface area contributed by atoms with E-state index in [1.807, 2.05) is 6.07 Å². The van der Waals surface area contributed by atoms with Gasteiger partial charge in [0.2, 0.25) is 5.88 Å². The van der Waals surface area contributed by atoms with Gasteiger partial charge in [0, 0.05) is 12.3 Å². The molecule has 1 aromatic carbocycles. The molecule has 0 saturated heterocycles. The normalized spacial score (nSPS) is 11.1. The number of aromatic nitrogens is 1. The van der Waals surface area contributed by atoms with Gasteiger partial charge in [0.25, 0.3) is 0 Å². The standard InChI is InChI=1S/C15H11NO4S2/c17-22(18,15-5-3-11-21-15)20-13-8-6-12(7-9-13)19-14-4-1-2-10-16-14/h1-11H. The van der Waals surface area contributed by atoms with Gasteiger partial charge in [-0.2, -0.15) is 8.42 Å². The number of benzene rings is 1. The molecule has 0 fully saturated rings. The zero-order valence-electron chi connectivity index (χ0n) is 11.2. The zero-order valence-corrected chi connectivity index (χ0v) is 12.9. The van der Waals surface area contributed by atoms with Gasteiger partial charge in [0.05, 0.1) is 0 Å². The molecule has 7 heteroatoms. The van der Waals surface area contributed by atoms with Crippen LogP contribution in [0.25, 0.3) is 0 Å². The van der Waals surface area contributed by atoms with Crippen LogP contribution in [0.2, 0.25) is 0 Å². The maximum Gasteiger partial charge on any atom is 0.348 e. The summed E-state index contributed by atoms with van der Waals surface area (Å²) in [5, 5.41) is 1.68. The number of hydrogen-bond donors (Lipinski definition) is 0. The van der Waals surface area contributed by atoms with Crippen LogP contribution in [0.4, 0.5) is 0 Å². The molecule has 2 aromatic heterocycles. The monoisotopic (exact) mass is 333 g/mol. The molecule has 0 radical (unpaired) electrons. The van der Waals surface area contributed by atoms with E-state index in [4.69, 9.17) is 8.92 Å². The maximum absolute atomic E-state index is 12.0. The summed E-state index contributed by atoms with van der Waals surface area (Å²) in [4.78, 5) is 4.04. The number of ether oxygens (including phenoxy) is 1. The Balaban J connectivity index is 1.72. The first-order valence-electron chi connectivity index (χ1n) is 6.30. The van der Waals surface area contributed by atoms with Gasteiger partial charge in [-0.25, -0.2) is 4.98 Å². The Labute approximate surface area is 131 Å². The Kier molecular flexibility index (Phi) is 4.08. The minimum Gasteiger partial charge on any atom is -0.439 e. The Hall–Kier alpha value is -2.38. The predicted octanol–water partition coefficient (Wildman–Crippen LogP) is 3.70. The van der Waals surface area contributed by atoms with E-state index in [1.165, 1.54) is 18.2 Å². The highest BCUT2D eigenvalue weighted by Crippen LogP contribution is 2.25. The summed E-state index contributed by atoms with van der Waals surface area (Å²) in [6.45, 7) is 0. The van der Waals surface area contributed by atoms with Gasteiger partial charge in [-0.15, -0.1) is 11.3 Å². The van der Waals surface area contributed by atoms with Crippen molar-refractivity contribution >= 4 is 21.5 Å². The van der Waals surface area contributed by atoms with Gasteiger partial charge in [-0.1, -0.05) is 12.1 Å². The van der Waals surface area contributed by atoms with E-state index in [0.29, 0.717) is 11.6 Å². The lowest BCUT2D eigenvalue weighted by molar-refractivity contribution is 0.459. The molecule has 112 valence electrons. The van der Waals surface area contributed by atoms with E-state index in [9.17, 15) is 8.42 Å². The molecule has 0 bridgehead atoms. The minimum atomic E-state index is -3.78. The minimum absolute atomic E-state index is 0.168. The van der Waals surface area contributed by atoms with Crippen LogP contribution in [-0.2, 0) is 10.1 Å². The quantitative estimate of drug-likeness (QED) is 0.666. The van der Waals surface area contributed by atoms with Crippen LogP contribution in [0, 0.1) is 0 Å². The highest BCUT2D eigenvalue weighted by Gasteiger charge is 2.17. The SMILES string of the molecule is O=S(=O)(Oc1ccc(Oc2ccccn2)cc1)c1cccs1. The Morgan fingerprint density at radius 2 is 1.68 bits per heavy atom. The first kappa shape index (κ1) is 14.6. The molecule has 22 heavy (non-hydrogen) atoms. The van der Waals surface area contributed by atoms with Gasteiger partial charge >= 0.3 is 10.1 Å². The Morgan fingerprint density at radius 1 is 0.909 bits per heavy atom. The van der Waals surface area contributed by atoms with E-state index in [1.54, 1.807) is 41.9 Å². The summed E-state index contributed by atoms with van der Waals surface area (Å²) in [6.07, 6.45) is 1.63. The molecule has 0 saturated carbocycles. The fraction of sp³-hybridized carbons (Fsp3) is 0. The fourth-order valence-corrected chi connectivity index (χ4v) is 3.55. The van der Waals surface area contributed by atoms with E-state index in [2.05, 4.69) is 4.98 Å². The Bertz CT molecular complexity index is 829. The average molecular weight is 333 g/mol. The van der Waals surface area contributed by atoms with Crippen molar-refractivity contribution in [1.29, 1.82) is 0 Å². The third-order valence-electron chi connectivity index (χ3n) is 2.63. The van der Waals surface area contributed by atoms with Crippen LogP contribution in [0.3, 0.4) is 0 Å². The zero-order chi connectivity index (χ0) is 15.4. The van der Waals surface area contributed by atoms with Gasteiger partial charge < -0.3 is 8.92 Å². The van der Waals surface area contributed by atoms with Gasteiger partial charge in [-0.3, -0.25) is 0 Å². The summed E-state index contributed by atoms with van der Waals surface area (Å²) in [5.74, 6) is 1.23. The molecule has 0 N–H and O–H groups in total. The number of rotatable bonds is 5. The molecule has 0 unspecified atom stereocenters. The van der Waals surface area contributed by atoms with E-state index in [0.717, 1.165) is 11.3 Å². The largest absolute Gasteiger partial charge is 0.439 e. The second kappa shape index (κ2) is 6.17. The lowest BCUT2D eigenvalue weighted by Crippen LogP contribution is -2.07. The predicted molar refractivity (Wildman–Crippen MR) is 82.9 cm³/mol. The number of thiophene rings is 1. The lowest BCUT2D eigenvalue weighted by Gasteiger charge is -2.07. The number of nitrogens with zero attached hydrogens (tertiary/aromatic N) is 1. The first-order valence-corrected chi connectivity index (χ1v) is 8.59. The highest BCUT2D eigenvalue weighted by molar-refractivity contribution is 7.89. The molecule has 5 nitrogen and oxygen atoms in total. The van der Waals surface area contributed by atoms with Crippen molar-refractivity contribution in [2.75, 3.05) is 0 Å². The molecule has 0 amide bonds. The van der Waals surface area contributed by atoms with Gasteiger partial charge in [0.1, 0.15) is 11.5 Å². The summed E-state index contributed by atoms with van der Waals surface area (Å²) in [5.41, 5.74) is 0. The van der Waals surface area contributed by atoms with Crippen LogP contribution in [0.5, 0.6) is 17.4 Å². The number of hydrogen-bond acceptors (Lipinski definition) is 6. The molecule has 0 aliphatic rings. The van der Waals surface area contributed by atoms with Crippen molar-refractivity contribution in [1.82, 2.24) is 4.98 Å². The summed E-state index contributed by atoms with van der Waals surface area (Å²) in [6, 6.07) is 14.8. The second-order valence-electron chi connectivity index (χ2n) is 4.21. The van der Waals surface area contributed by atoms with Crippen molar-refractivity contribution < 1.29 is 17.3 Å². The third-order valence-corrected chi connectivity index (χ3v) is 5.23. The Morgan fingerprint density at radius 3 is 2.32 bits per heavy atom. The number of pyridine rings is 1. The van der Waals surface area contributed by atoms with E-state index < -0.39 is 10.1 Å². The van der Waals surface area contributed by atoms with Crippen LogP contribution in [0.1, 0.15) is 0 Å². The molecule has 0 spiro atoms. The van der Waals surface area contributed by atoms with Crippen molar-refractivity contribution in [3.8, 4) is 17.4 Å². The van der Waals surface area contributed by atoms with Crippen molar-refractivity contribution in [3.05, 3.63) is 66.2 Å². The third kappa shape index (κ3) is 3.44. The molecule has 2 heterocycles. The molecular formula is C15H11NO4S2. The molecule has 0 aliphatic heterocycles. The van der Waals surface area contributed by atoms with E-state index in [-0.39, 0.29) is 9.96 Å². The molecule has 0 atom stereocenters. The van der Waals surface area contributed by atoms with E-state index >= 15 is 0 Å². The highest BCUT2D eigenvalue weighted by atomic mass is 32.3. The maximum atomic E-state index is 12.0. The molecule has 0 aliphatic carbocycles. The summed E-state index contributed by atoms with van der Waals surface area (Å²) < 4.78 is 34.7. The second-order valence-corrected chi connectivity index (χ2v) is 6.93. The lowest BCUT2D eigenvalue weighted by atomic mass is 10.3.